The van der Waals surface area contributed by atoms with Crippen LogP contribution >= 0.6 is 11.8 Å². The van der Waals surface area contributed by atoms with Crippen LogP contribution in [0.1, 0.15) is 19.8 Å². The van der Waals surface area contributed by atoms with Crippen molar-refractivity contribution in [1.29, 1.82) is 0 Å². The molecular formula is C12H19N3O2S. The van der Waals surface area contributed by atoms with Gasteiger partial charge in [-0.2, -0.15) is 4.98 Å². The summed E-state index contributed by atoms with van der Waals surface area (Å²) in [5, 5.41) is 10.4. The topological polar surface area (TPSA) is 58.5 Å². The predicted octanol–water partition coefficient (Wildman–Crippen LogP) is 1.56. The van der Waals surface area contributed by atoms with Crippen LogP contribution in [0, 0.1) is 0 Å². The molecule has 0 bridgehead atoms. The van der Waals surface area contributed by atoms with Crippen LogP contribution in [-0.4, -0.2) is 47.1 Å². The molecule has 0 spiro atoms. The molecule has 1 aliphatic heterocycles. The molecule has 0 aliphatic carbocycles. The second-order valence-corrected chi connectivity index (χ2v) is 5.00. The van der Waals surface area contributed by atoms with Gasteiger partial charge >= 0.3 is 0 Å². The highest BCUT2D eigenvalue weighted by atomic mass is 32.2. The van der Waals surface area contributed by atoms with Gasteiger partial charge in [0.05, 0.1) is 12.7 Å². The highest BCUT2D eigenvalue weighted by Crippen LogP contribution is 2.24. The zero-order chi connectivity index (χ0) is 13.0. The Hall–Kier alpha value is -1.01. The van der Waals surface area contributed by atoms with E-state index in [-0.39, 0.29) is 6.10 Å². The first-order valence-corrected chi connectivity index (χ1v) is 7.44. The van der Waals surface area contributed by atoms with Crippen LogP contribution in [0.2, 0.25) is 0 Å². The largest absolute Gasteiger partial charge is 0.478 e. The fraction of sp³-hybridized carbons (Fsp3) is 0.667. The van der Waals surface area contributed by atoms with Crippen molar-refractivity contribution in [2.75, 3.05) is 30.9 Å². The van der Waals surface area contributed by atoms with Crippen LogP contribution in [-0.2, 0) is 0 Å². The first-order valence-electron chi connectivity index (χ1n) is 6.21. The average molecular weight is 269 g/mol. The van der Waals surface area contributed by atoms with Crippen molar-refractivity contribution in [3.63, 3.8) is 0 Å². The van der Waals surface area contributed by atoms with Crippen LogP contribution in [0.5, 0.6) is 5.88 Å². The van der Waals surface area contributed by atoms with Crippen LogP contribution in [0.3, 0.4) is 0 Å². The number of aromatic nitrogens is 2. The summed E-state index contributed by atoms with van der Waals surface area (Å²) in [6, 6.07) is 1.85. The van der Waals surface area contributed by atoms with Crippen molar-refractivity contribution < 1.29 is 9.84 Å². The third-order valence-corrected chi connectivity index (χ3v) is 3.41. The van der Waals surface area contributed by atoms with Gasteiger partial charge in [0.15, 0.2) is 5.16 Å². The van der Waals surface area contributed by atoms with E-state index in [0.29, 0.717) is 24.2 Å². The minimum atomic E-state index is -0.262. The quantitative estimate of drug-likeness (QED) is 0.661. The van der Waals surface area contributed by atoms with Crippen LogP contribution in [0.25, 0.3) is 0 Å². The molecule has 18 heavy (non-hydrogen) atoms. The Labute approximate surface area is 112 Å². The molecule has 0 saturated carbocycles. The van der Waals surface area contributed by atoms with Gasteiger partial charge < -0.3 is 14.7 Å². The third-order valence-electron chi connectivity index (χ3n) is 2.86. The van der Waals surface area contributed by atoms with E-state index in [0.717, 1.165) is 25.2 Å². The molecule has 2 rings (SSSR count). The SMILES string of the molecule is CCOc1cc(N2CCCC(O)C2)nc(SC)n1. The van der Waals surface area contributed by atoms with Gasteiger partial charge in [-0.05, 0) is 26.0 Å². The maximum atomic E-state index is 9.72. The zero-order valence-corrected chi connectivity index (χ0v) is 11.6. The number of anilines is 1. The molecule has 2 heterocycles. The van der Waals surface area contributed by atoms with Crippen molar-refractivity contribution >= 4 is 17.6 Å². The smallest absolute Gasteiger partial charge is 0.219 e. The van der Waals surface area contributed by atoms with Gasteiger partial charge in [0.2, 0.25) is 5.88 Å². The van der Waals surface area contributed by atoms with Gasteiger partial charge in [0.25, 0.3) is 0 Å². The van der Waals surface area contributed by atoms with Gasteiger partial charge in [-0.25, -0.2) is 4.98 Å². The van der Waals surface area contributed by atoms with Crippen LogP contribution in [0.4, 0.5) is 5.82 Å². The van der Waals surface area contributed by atoms with Gasteiger partial charge in [-0.1, -0.05) is 11.8 Å². The van der Waals surface area contributed by atoms with E-state index in [4.69, 9.17) is 4.74 Å². The molecule has 1 fully saturated rings. The average Bonchev–Trinajstić information content (AvgIpc) is 2.39. The summed E-state index contributed by atoms with van der Waals surface area (Å²) < 4.78 is 5.45. The number of nitrogens with zero attached hydrogens (tertiary/aromatic N) is 3. The van der Waals surface area contributed by atoms with E-state index in [9.17, 15) is 5.11 Å². The summed E-state index contributed by atoms with van der Waals surface area (Å²) in [6.45, 7) is 4.09. The van der Waals surface area contributed by atoms with E-state index in [1.807, 2.05) is 19.2 Å². The molecule has 5 nitrogen and oxygen atoms in total. The Morgan fingerprint density at radius 3 is 3.06 bits per heavy atom. The number of β-amino-alcohol motifs (C(OH)–C–C–N with tert-alkyl or cyclic N) is 1. The second kappa shape index (κ2) is 6.24. The minimum absolute atomic E-state index is 0.262. The van der Waals surface area contributed by atoms with Crippen molar-refractivity contribution in [1.82, 2.24) is 9.97 Å². The van der Waals surface area contributed by atoms with Crippen LogP contribution in [0.15, 0.2) is 11.2 Å². The molecule has 1 aromatic rings. The Morgan fingerprint density at radius 2 is 2.39 bits per heavy atom. The molecule has 1 unspecified atom stereocenters. The zero-order valence-electron chi connectivity index (χ0n) is 10.8. The van der Waals surface area contributed by atoms with E-state index < -0.39 is 0 Å². The fourth-order valence-electron chi connectivity index (χ4n) is 2.03. The summed E-state index contributed by atoms with van der Waals surface area (Å²) in [5.74, 6) is 1.45. The van der Waals surface area contributed by atoms with Crippen molar-refractivity contribution in [2.24, 2.45) is 0 Å². The maximum absolute atomic E-state index is 9.72. The first kappa shape index (κ1) is 13.4. The lowest BCUT2D eigenvalue weighted by atomic mass is 10.1. The third kappa shape index (κ3) is 3.26. The predicted molar refractivity (Wildman–Crippen MR) is 72.4 cm³/mol. The number of piperidine rings is 1. The van der Waals surface area contributed by atoms with Gasteiger partial charge in [0.1, 0.15) is 5.82 Å². The van der Waals surface area contributed by atoms with Gasteiger partial charge in [0, 0.05) is 19.2 Å². The van der Waals surface area contributed by atoms with E-state index in [1.54, 1.807) is 0 Å². The molecule has 100 valence electrons. The molecular weight excluding hydrogens is 250 g/mol. The number of thioether (sulfide) groups is 1. The number of aliphatic hydroxyl groups is 1. The molecule has 1 atom stereocenters. The summed E-state index contributed by atoms with van der Waals surface area (Å²) in [4.78, 5) is 10.9. The first-order chi connectivity index (χ1) is 8.72. The molecule has 0 aromatic carbocycles. The Balaban J connectivity index is 2.22. The molecule has 1 N–H and O–H groups in total. The lowest BCUT2D eigenvalue weighted by Gasteiger charge is -2.31. The van der Waals surface area contributed by atoms with Gasteiger partial charge in [-0.3, -0.25) is 0 Å². The van der Waals surface area contributed by atoms with Gasteiger partial charge in [-0.15, -0.1) is 0 Å². The Bertz CT molecular complexity index is 403. The highest BCUT2D eigenvalue weighted by molar-refractivity contribution is 7.98. The summed E-state index contributed by atoms with van der Waals surface area (Å²) in [5.41, 5.74) is 0. The molecule has 6 heteroatoms. The normalized spacial score (nSPS) is 19.9. The number of aliphatic hydroxyl groups excluding tert-OH is 1. The Kier molecular flexibility index (Phi) is 4.66. The number of rotatable bonds is 4. The molecule has 1 saturated heterocycles. The Morgan fingerprint density at radius 1 is 1.56 bits per heavy atom. The van der Waals surface area contributed by atoms with Crippen LogP contribution < -0.4 is 9.64 Å². The number of hydrogen-bond donors (Lipinski definition) is 1. The molecule has 1 aliphatic rings. The second-order valence-electron chi connectivity index (χ2n) is 4.23. The monoisotopic (exact) mass is 269 g/mol. The molecule has 0 radical (unpaired) electrons. The van der Waals surface area contributed by atoms with Crippen molar-refractivity contribution in [2.45, 2.75) is 31.0 Å². The maximum Gasteiger partial charge on any atom is 0.219 e. The highest BCUT2D eigenvalue weighted by Gasteiger charge is 2.20. The van der Waals surface area contributed by atoms with E-state index >= 15 is 0 Å². The molecule has 1 aromatic heterocycles. The minimum Gasteiger partial charge on any atom is -0.478 e. The number of ether oxygens (including phenoxy) is 1. The standard InChI is InChI=1S/C12H19N3O2S/c1-3-17-11-7-10(13-12(14-11)18-2)15-6-4-5-9(16)8-15/h7,9,16H,3-6,8H2,1-2H3. The fourth-order valence-corrected chi connectivity index (χ4v) is 2.40. The van der Waals surface area contributed by atoms with Crippen molar-refractivity contribution in [3.8, 4) is 5.88 Å². The van der Waals surface area contributed by atoms with E-state index in [1.165, 1.54) is 11.8 Å². The summed E-state index contributed by atoms with van der Waals surface area (Å²) >= 11 is 1.50. The molecule has 0 amide bonds. The van der Waals surface area contributed by atoms with E-state index in [2.05, 4.69) is 14.9 Å². The summed E-state index contributed by atoms with van der Waals surface area (Å²) in [7, 11) is 0. The lowest BCUT2D eigenvalue weighted by Crippen LogP contribution is -2.38. The summed E-state index contributed by atoms with van der Waals surface area (Å²) in [6.07, 6.45) is 3.54. The van der Waals surface area contributed by atoms with Crippen molar-refractivity contribution in [3.05, 3.63) is 6.07 Å². The number of hydrogen-bond acceptors (Lipinski definition) is 6. The lowest BCUT2D eigenvalue weighted by molar-refractivity contribution is 0.153.